The molecule has 2 atom stereocenters. The molecule has 5 heteroatoms. The first-order valence-corrected chi connectivity index (χ1v) is 14.3. The highest BCUT2D eigenvalue weighted by Crippen LogP contribution is 2.57. The van der Waals surface area contributed by atoms with Crippen LogP contribution in [0.15, 0.2) is 65.2 Å². The number of aryl methyl sites for hydroxylation is 1. The average molecular weight is 532 g/mol. The van der Waals surface area contributed by atoms with Crippen molar-refractivity contribution >= 4 is 6.21 Å². The second-order valence-corrected chi connectivity index (χ2v) is 11.1. The van der Waals surface area contributed by atoms with Crippen LogP contribution < -0.4 is 0 Å². The van der Waals surface area contributed by atoms with Crippen LogP contribution in [0.1, 0.15) is 97.1 Å². The quantitative estimate of drug-likeness (QED) is 0.108. The molecule has 0 bridgehead atoms. The number of aliphatic imine (C=N–C) groups is 1. The van der Waals surface area contributed by atoms with E-state index in [9.17, 15) is 13.2 Å². The van der Waals surface area contributed by atoms with Gasteiger partial charge >= 0.3 is 6.18 Å². The van der Waals surface area contributed by atoms with Crippen LogP contribution in [-0.4, -0.2) is 25.5 Å². The normalized spacial score (nSPS) is 21.6. The van der Waals surface area contributed by atoms with Gasteiger partial charge in [-0.15, -0.1) is 6.58 Å². The third-order valence-electron chi connectivity index (χ3n) is 7.86. The topological polar surface area (TPSA) is 24.9 Å². The summed E-state index contributed by atoms with van der Waals surface area (Å²) >= 11 is 0. The van der Waals surface area contributed by atoms with Gasteiger partial charge in [-0.05, 0) is 81.9 Å². The van der Waals surface area contributed by atoms with Crippen molar-refractivity contribution in [2.75, 3.05) is 13.2 Å². The number of benzene rings is 1. The largest absolute Gasteiger partial charge is 0.394 e. The molecule has 1 aromatic carbocycles. The van der Waals surface area contributed by atoms with Crippen LogP contribution in [-0.2, 0) is 16.8 Å². The SMILES string of the molecule is C=C(C)CC1(c2ccc(CCCN=C/C=C\C)cc2)CO1.CC/C=C(/CC1(C(F)(F)F)CCC1)C(C)CC. The van der Waals surface area contributed by atoms with E-state index < -0.39 is 11.6 Å². The maximum absolute atomic E-state index is 13.1. The number of hydrogen-bond donors (Lipinski definition) is 0. The third-order valence-corrected chi connectivity index (χ3v) is 7.86. The third kappa shape index (κ3) is 9.25. The molecule has 0 spiro atoms. The fraction of sp³-hybridized carbons (Fsp3) is 0.606. The lowest BCUT2D eigenvalue weighted by Gasteiger charge is -2.44. The highest BCUT2D eigenvalue weighted by Gasteiger charge is 2.58. The Morgan fingerprint density at radius 3 is 2.26 bits per heavy atom. The van der Waals surface area contributed by atoms with Crippen LogP contribution in [0.3, 0.4) is 0 Å². The molecule has 0 N–H and O–H groups in total. The maximum atomic E-state index is 13.1. The highest BCUT2D eigenvalue weighted by atomic mass is 19.4. The van der Waals surface area contributed by atoms with Crippen LogP contribution in [0, 0.1) is 11.3 Å². The summed E-state index contributed by atoms with van der Waals surface area (Å²) in [5.74, 6) is 0.273. The van der Waals surface area contributed by atoms with Crippen molar-refractivity contribution in [2.45, 2.75) is 104 Å². The predicted molar refractivity (Wildman–Crippen MR) is 155 cm³/mol. The van der Waals surface area contributed by atoms with E-state index in [4.69, 9.17) is 4.74 Å². The molecule has 2 aliphatic rings. The van der Waals surface area contributed by atoms with E-state index in [2.05, 4.69) is 42.8 Å². The molecule has 1 aromatic rings. The Balaban J connectivity index is 0.000000273. The smallest absolute Gasteiger partial charge is 0.364 e. The molecule has 0 aromatic heterocycles. The number of nitrogens with zero attached hydrogens (tertiary/aromatic N) is 1. The van der Waals surface area contributed by atoms with Gasteiger partial charge in [0.25, 0.3) is 0 Å². The van der Waals surface area contributed by atoms with Gasteiger partial charge in [0.2, 0.25) is 0 Å². The summed E-state index contributed by atoms with van der Waals surface area (Å²) in [5, 5.41) is 0. The standard InChI is InChI=1S/C19H25NO.C14H23F3/c1-4-5-12-20-13-6-7-17-8-10-18(11-9-17)19(15-21-19)14-16(2)3;1-4-7-12(11(3)5-2)10-13(8-6-9-13)14(15,16)17/h4-5,8-12H,2,6-7,13-15H2,1,3H3;7,11H,4-6,8-10H2,1-3H3/b5-4-,20-12?;12-7-. The molecule has 212 valence electrons. The first-order chi connectivity index (χ1) is 18.0. The first-order valence-electron chi connectivity index (χ1n) is 14.3. The molecule has 2 nitrogen and oxygen atoms in total. The van der Waals surface area contributed by atoms with Crippen molar-refractivity contribution in [3.05, 3.63) is 71.3 Å². The molecule has 1 aliphatic heterocycles. The lowest BCUT2D eigenvalue weighted by atomic mass is 9.63. The minimum atomic E-state index is -4.04. The minimum absolute atomic E-state index is 0.0822. The number of halogens is 3. The summed E-state index contributed by atoms with van der Waals surface area (Å²) in [4.78, 5) is 4.33. The molecule has 2 unspecified atom stereocenters. The van der Waals surface area contributed by atoms with Gasteiger partial charge in [0.05, 0.1) is 12.0 Å². The van der Waals surface area contributed by atoms with Gasteiger partial charge in [-0.1, -0.05) is 74.8 Å². The van der Waals surface area contributed by atoms with E-state index in [0.717, 1.165) is 57.2 Å². The van der Waals surface area contributed by atoms with Crippen molar-refractivity contribution < 1.29 is 17.9 Å². The van der Waals surface area contributed by atoms with E-state index in [0.29, 0.717) is 12.8 Å². The van der Waals surface area contributed by atoms with Crippen LogP contribution >= 0.6 is 0 Å². The summed E-state index contributed by atoms with van der Waals surface area (Å²) in [7, 11) is 0. The van der Waals surface area contributed by atoms with Crippen molar-refractivity contribution in [3.63, 3.8) is 0 Å². The molecule has 0 radical (unpaired) electrons. The van der Waals surface area contributed by atoms with Crippen LogP contribution in [0.5, 0.6) is 0 Å². The number of rotatable bonds is 13. The summed E-state index contributed by atoms with van der Waals surface area (Å²) < 4.78 is 45.0. The van der Waals surface area contributed by atoms with Crippen molar-refractivity contribution in [2.24, 2.45) is 16.3 Å². The lowest BCUT2D eigenvalue weighted by molar-refractivity contribution is -0.250. The van der Waals surface area contributed by atoms with E-state index >= 15 is 0 Å². The Morgan fingerprint density at radius 2 is 1.82 bits per heavy atom. The number of allylic oxidation sites excluding steroid dienone is 4. The number of ether oxygens (including phenoxy) is 1. The first kappa shape index (κ1) is 32.1. The van der Waals surface area contributed by atoms with Gasteiger partial charge in [0, 0.05) is 19.2 Å². The molecule has 1 saturated carbocycles. The summed E-state index contributed by atoms with van der Waals surface area (Å²) in [6.45, 7) is 15.8. The Labute approximate surface area is 229 Å². The predicted octanol–water partition coefficient (Wildman–Crippen LogP) is 9.95. The molecule has 38 heavy (non-hydrogen) atoms. The fourth-order valence-corrected chi connectivity index (χ4v) is 5.04. The van der Waals surface area contributed by atoms with Gasteiger partial charge in [0.15, 0.2) is 0 Å². The zero-order valence-electron chi connectivity index (χ0n) is 24.2. The fourth-order valence-electron chi connectivity index (χ4n) is 5.04. The number of hydrogen-bond acceptors (Lipinski definition) is 2. The zero-order valence-corrected chi connectivity index (χ0v) is 24.2. The van der Waals surface area contributed by atoms with Gasteiger partial charge in [-0.3, -0.25) is 4.99 Å². The maximum Gasteiger partial charge on any atom is 0.394 e. The van der Waals surface area contributed by atoms with Crippen molar-refractivity contribution in [3.8, 4) is 0 Å². The minimum Gasteiger partial charge on any atom is -0.364 e. The summed E-state index contributed by atoms with van der Waals surface area (Å²) in [5.41, 5.74) is 3.34. The molecule has 1 aliphatic carbocycles. The van der Waals surface area contributed by atoms with Crippen molar-refractivity contribution in [1.82, 2.24) is 0 Å². The van der Waals surface area contributed by atoms with Gasteiger partial charge in [0.1, 0.15) is 5.60 Å². The molecular weight excluding hydrogens is 483 g/mol. The second kappa shape index (κ2) is 14.9. The number of alkyl halides is 3. The van der Waals surface area contributed by atoms with Crippen molar-refractivity contribution in [1.29, 1.82) is 0 Å². The van der Waals surface area contributed by atoms with Crippen LogP contribution in [0.25, 0.3) is 0 Å². The Hall–Kier alpha value is -2.14. The Bertz CT molecular complexity index is 947. The second-order valence-electron chi connectivity index (χ2n) is 11.1. The van der Waals surface area contributed by atoms with E-state index in [1.165, 1.54) is 16.7 Å². The van der Waals surface area contributed by atoms with Gasteiger partial charge < -0.3 is 4.74 Å². The summed E-state index contributed by atoms with van der Waals surface area (Å²) in [6, 6.07) is 8.84. The highest BCUT2D eigenvalue weighted by molar-refractivity contribution is 5.70. The number of epoxide rings is 1. The van der Waals surface area contributed by atoms with Gasteiger partial charge in [-0.25, -0.2) is 0 Å². The van der Waals surface area contributed by atoms with E-state index in [-0.39, 0.29) is 17.9 Å². The van der Waals surface area contributed by atoms with Crippen LogP contribution in [0.4, 0.5) is 13.2 Å². The monoisotopic (exact) mass is 531 g/mol. The summed E-state index contributed by atoms with van der Waals surface area (Å²) in [6.07, 6.45) is 10.2. The van der Waals surface area contributed by atoms with E-state index in [1.54, 1.807) is 0 Å². The molecule has 2 fully saturated rings. The lowest BCUT2D eigenvalue weighted by Crippen LogP contribution is -2.44. The van der Waals surface area contributed by atoms with Crippen LogP contribution in [0.2, 0.25) is 0 Å². The van der Waals surface area contributed by atoms with E-state index in [1.807, 2.05) is 52.1 Å². The zero-order chi connectivity index (χ0) is 28.2. The Morgan fingerprint density at radius 1 is 1.16 bits per heavy atom. The molecule has 0 amide bonds. The van der Waals surface area contributed by atoms with Gasteiger partial charge in [-0.2, -0.15) is 13.2 Å². The average Bonchev–Trinajstić information content (AvgIpc) is 3.62. The molecule has 1 heterocycles. The Kier molecular flexibility index (Phi) is 12.5. The molecule has 3 rings (SSSR count). The molecule has 1 saturated heterocycles. The molecular formula is C33H48F3NO.